The molecule has 2 aromatic carbocycles. The Morgan fingerprint density at radius 1 is 1.08 bits per heavy atom. The minimum atomic E-state index is -1.47. The summed E-state index contributed by atoms with van der Waals surface area (Å²) in [5.74, 6) is -4.02. The Morgan fingerprint density at radius 3 is 2.42 bits per heavy atom. The summed E-state index contributed by atoms with van der Waals surface area (Å²) in [6.07, 6.45) is 5.15. The molecule has 0 spiro atoms. The van der Waals surface area contributed by atoms with Crippen molar-refractivity contribution in [3.63, 3.8) is 0 Å². The fourth-order valence-corrected chi connectivity index (χ4v) is 5.44. The van der Waals surface area contributed by atoms with Crippen molar-refractivity contribution in [3.05, 3.63) is 70.7 Å². The van der Waals surface area contributed by atoms with Crippen molar-refractivity contribution in [1.29, 1.82) is 0 Å². The number of piperidine rings is 1. The number of aryl methyl sites for hydroxylation is 2. The second-order valence-electron chi connectivity index (χ2n) is 10.0. The van der Waals surface area contributed by atoms with Crippen LogP contribution in [0.25, 0.3) is 10.9 Å². The summed E-state index contributed by atoms with van der Waals surface area (Å²) >= 11 is 0. The number of carbonyl (C=O) groups is 1. The number of methoxy groups -OCH3 is 1. The van der Waals surface area contributed by atoms with Gasteiger partial charge in [0.25, 0.3) is 0 Å². The maximum atomic E-state index is 13.8. The first-order valence-electron chi connectivity index (χ1n) is 12.9. The second-order valence-corrected chi connectivity index (χ2v) is 10.0. The molecule has 1 aliphatic rings. The monoisotopic (exact) mass is 532 g/mol. The normalized spacial score (nSPS) is 15.6. The summed E-state index contributed by atoms with van der Waals surface area (Å²) in [7, 11) is 1.57. The number of likely N-dealkylation sites (tertiary alicyclic amines) is 1. The summed E-state index contributed by atoms with van der Waals surface area (Å²) < 4.78 is 59.1. The Kier molecular flexibility index (Phi) is 8.87. The van der Waals surface area contributed by atoms with Crippen LogP contribution in [0.1, 0.15) is 48.8 Å². The number of nitrogens with zero attached hydrogens (tertiary/aromatic N) is 2. The molecule has 5 nitrogen and oxygen atoms in total. The summed E-state index contributed by atoms with van der Waals surface area (Å²) in [6, 6.07) is 7.51. The molecule has 1 aliphatic heterocycles. The van der Waals surface area contributed by atoms with Crippen LogP contribution in [-0.4, -0.2) is 47.7 Å². The summed E-state index contributed by atoms with van der Waals surface area (Å²) in [6.45, 7) is 1.21. The number of ether oxygens (including phenoxy) is 1. The van der Waals surface area contributed by atoms with E-state index in [2.05, 4.69) is 9.88 Å². The zero-order valence-corrected chi connectivity index (χ0v) is 21.4. The van der Waals surface area contributed by atoms with E-state index in [1.165, 1.54) is 0 Å². The smallest absolute Gasteiger partial charge is 0.309 e. The van der Waals surface area contributed by atoms with Gasteiger partial charge in [-0.05, 0) is 106 Å². The molecule has 9 heteroatoms. The topological polar surface area (TPSA) is 62.7 Å². The average Bonchev–Trinajstić information content (AvgIpc) is 2.92. The molecule has 4 rings (SSSR count). The van der Waals surface area contributed by atoms with Crippen molar-refractivity contribution in [2.45, 2.75) is 51.6 Å². The third-order valence-electron chi connectivity index (χ3n) is 7.75. The van der Waals surface area contributed by atoms with Crippen LogP contribution in [0.2, 0.25) is 0 Å². The van der Waals surface area contributed by atoms with Gasteiger partial charge < -0.3 is 14.7 Å². The molecule has 0 aliphatic carbocycles. The van der Waals surface area contributed by atoms with Crippen LogP contribution in [0, 0.1) is 22.9 Å². The highest BCUT2D eigenvalue weighted by Gasteiger charge is 2.40. The molecule has 0 amide bonds. The van der Waals surface area contributed by atoms with Crippen molar-refractivity contribution in [2.24, 2.45) is 5.41 Å². The summed E-state index contributed by atoms with van der Waals surface area (Å²) in [5, 5.41) is 10.9. The van der Waals surface area contributed by atoms with Gasteiger partial charge in [0.1, 0.15) is 12.4 Å². The van der Waals surface area contributed by atoms with Gasteiger partial charge in [-0.2, -0.15) is 0 Å². The predicted molar refractivity (Wildman–Crippen MR) is 136 cm³/mol. The number of carboxylic acids is 1. The van der Waals surface area contributed by atoms with E-state index >= 15 is 0 Å². The highest BCUT2D eigenvalue weighted by Crippen LogP contribution is 2.38. The second kappa shape index (κ2) is 12.1. The van der Waals surface area contributed by atoms with E-state index in [0.29, 0.717) is 81.5 Å². The molecule has 0 radical (unpaired) electrons. The molecule has 1 aromatic heterocycles. The molecule has 3 aromatic rings. The predicted octanol–water partition coefficient (Wildman–Crippen LogP) is 6.25. The van der Waals surface area contributed by atoms with Crippen molar-refractivity contribution in [1.82, 2.24) is 9.88 Å². The molecule has 2 heterocycles. The number of aliphatic carboxylic acids is 1. The lowest BCUT2D eigenvalue weighted by atomic mass is 9.74. The number of fused-ring (bicyclic) bond motifs is 1. The molecule has 1 N–H and O–H groups in total. The lowest BCUT2D eigenvalue weighted by molar-refractivity contribution is -0.152. The van der Waals surface area contributed by atoms with Crippen LogP contribution < -0.4 is 4.74 Å². The number of aromatic nitrogens is 1. The number of hydrogen-bond donors (Lipinski definition) is 1. The molecule has 1 saturated heterocycles. The number of carboxylic acid groups (broad SMARTS) is 1. The van der Waals surface area contributed by atoms with E-state index in [0.717, 1.165) is 28.6 Å². The lowest BCUT2D eigenvalue weighted by Crippen LogP contribution is -2.44. The first-order chi connectivity index (χ1) is 18.3. The lowest BCUT2D eigenvalue weighted by Gasteiger charge is -2.39. The van der Waals surface area contributed by atoms with Gasteiger partial charge in [-0.3, -0.25) is 9.78 Å². The fraction of sp³-hybridized carbons (Fsp3) is 0.448. The minimum Gasteiger partial charge on any atom is -0.497 e. The molecule has 204 valence electrons. The molecule has 38 heavy (non-hydrogen) atoms. The first kappa shape index (κ1) is 27.8. The Bertz CT molecular complexity index is 1260. The molecule has 1 fully saturated rings. The number of halogens is 4. The van der Waals surface area contributed by atoms with Crippen molar-refractivity contribution < 1.29 is 32.2 Å². The maximum Gasteiger partial charge on any atom is 0.309 e. The van der Waals surface area contributed by atoms with E-state index in [4.69, 9.17) is 4.74 Å². The van der Waals surface area contributed by atoms with Gasteiger partial charge in [-0.1, -0.05) is 0 Å². The molecule has 0 atom stereocenters. The highest BCUT2D eigenvalue weighted by molar-refractivity contribution is 5.84. The zero-order valence-electron chi connectivity index (χ0n) is 21.4. The van der Waals surface area contributed by atoms with E-state index in [-0.39, 0.29) is 0 Å². The number of alkyl halides is 1. The molecule has 0 bridgehead atoms. The number of rotatable bonds is 11. The standard InChI is InChI=1S/C29H32F4N2O3/c1-38-21-6-7-26-23(16-21)22(20(17-30)18-34-26)5-2-8-29(28(36)37)9-12-35(13-10-29)11-3-4-19-14-24(31)27(33)25(32)15-19/h6-7,14-16,18H,2-5,8-13,17H2,1H3,(H,36,37). The summed E-state index contributed by atoms with van der Waals surface area (Å²) in [5.41, 5.74) is 1.63. The highest BCUT2D eigenvalue weighted by atomic mass is 19.2. The third kappa shape index (κ3) is 6.09. The van der Waals surface area contributed by atoms with Gasteiger partial charge in [-0.15, -0.1) is 0 Å². The van der Waals surface area contributed by atoms with Crippen LogP contribution in [0.4, 0.5) is 17.6 Å². The van der Waals surface area contributed by atoms with Crippen LogP contribution in [-0.2, 0) is 24.3 Å². The van der Waals surface area contributed by atoms with Gasteiger partial charge in [0, 0.05) is 17.1 Å². The SMILES string of the molecule is COc1ccc2ncc(CF)c(CCCC3(C(=O)O)CCN(CCCc4cc(F)c(F)c(F)c4)CC3)c2c1. The van der Waals surface area contributed by atoms with Gasteiger partial charge in [0.05, 0.1) is 18.0 Å². The summed E-state index contributed by atoms with van der Waals surface area (Å²) in [4.78, 5) is 18.8. The molecular formula is C29H32F4N2O3. The Labute approximate surface area is 219 Å². The molecule has 0 saturated carbocycles. The van der Waals surface area contributed by atoms with E-state index < -0.39 is 35.5 Å². The number of benzene rings is 2. The zero-order chi connectivity index (χ0) is 27.3. The Hall–Kier alpha value is -3.20. The van der Waals surface area contributed by atoms with Gasteiger partial charge in [0.2, 0.25) is 0 Å². The van der Waals surface area contributed by atoms with Crippen LogP contribution in [0.3, 0.4) is 0 Å². The van der Waals surface area contributed by atoms with Crippen LogP contribution in [0.15, 0.2) is 36.5 Å². The van der Waals surface area contributed by atoms with Crippen molar-refractivity contribution in [3.8, 4) is 5.75 Å². The average molecular weight is 533 g/mol. The Morgan fingerprint density at radius 2 is 1.79 bits per heavy atom. The Balaban J connectivity index is 1.34. The quantitative estimate of drug-likeness (QED) is 0.234. The maximum absolute atomic E-state index is 13.8. The van der Waals surface area contributed by atoms with Crippen LogP contribution in [0.5, 0.6) is 5.75 Å². The van der Waals surface area contributed by atoms with Gasteiger partial charge >= 0.3 is 5.97 Å². The molecule has 0 unspecified atom stereocenters. The van der Waals surface area contributed by atoms with Crippen molar-refractivity contribution in [2.75, 3.05) is 26.7 Å². The van der Waals surface area contributed by atoms with Gasteiger partial charge in [0.15, 0.2) is 17.5 Å². The number of hydrogen-bond acceptors (Lipinski definition) is 4. The minimum absolute atomic E-state index is 0.396. The van der Waals surface area contributed by atoms with E-state index in [1.807, 2.05) is 12.1 Å². The van der Waals surface area contributed by atoms with Crippen molar-refractivity contribution >= 4 is 16.9 Å². The van der Waals surface area contributed by atoms with E-state index in [1.54, 1.807) is 19.4 Å². The van der Waals surface area contributed by atoms with Gasteiger partial charge in [-0.25, -0.2) is 17.6 Å². The van der Waals surface area contributed by atoms with E-state index in [9.17, 15) is 27.5 Å². The van der Waals surface area contributed by atoms with Crippen LogP contribution >= 0.6 is 0 Å². The fourth-order valence-electron chi connectivity index (χ4n) is 5.44. The third-order valence-corrected chi connectivity index (χ3v) is 7.75. The number of pyridine rings is 1. The first-order valence-corrected chi connectivity index (χ1v) is 12.9. The largest absolute Gasteiger partial charge is 0.497 e. The molecular weight excluding hydrogens is 500 g/mol.